The Bertz CT molecular complexity index is 229. The van der Waals surface area contributed by atoms with E-state index < -0.39 is 0 Å². The third kappa shape index (κ3) is 5.50. The number of hydrogen-bond acceptors (Lipinski definition) is 4. The van der Waals surface area contributed by atoms with Crippen molar-refractivity contribution in [2.45, 2.75) is 52.1 Å². The Morgan fingerprint density at radius 3 is 2.41 bits per heavy atom. The van der Waals surface area contributed by atoms with E-state index in [2.05, 4.69) is 37.9 Å². The molecule has 0 aromatic rings. The monoisotopic (exact) mass is 244 g/mol. The SMILES string of the molecule is CCCNC(CN(C)C(C)(C)CC)C(=O)OC. The summed E-state index contributed by atoms with van der Waals surface area (Å²) in [5.41, 5.74) is 0.0974. The highest BCUT2D eigenvalue weighted by atomic mass is 16.5. The molecule has 0 aliphatic heterocycles. The van der Waals surface area contributed by atoms with Crippen LogP contribution in [-0.2, 0) is 9.53 Å². The van der Waals surface area contributed by atoms with E-state index in [1.54, 1.807) is 0 Å². The van der Waals surface area contributed by atoms with Crippen LogP contribution in [0.25, 0.3) is 0 Å². The average Bonchev–Trinajstić information content (AvgIpc) is 2.32. The van der Waals surface area contributed by atoms with Crippen molar-refractivity contribution in [3.8, 4) is 0 Å². The van der Waals surface area contributed by atoms with Gasteiger partial charge in [-0.05, 0) is 40.3 Å². The van der Waals surface area contributed by atoms with Crippen LogP contribution in [0.3, 0.4) is 0 Å². The number of nitrogens with zero attached hydrogens (tertiary/aromatic N) is 1. The molecule has 4 heteroatoms. The second kappa shape index (κ2) is 7.67. The van der Waals surface area contributed by atoms with Crippen LogP contribution in [0.4, 0.5) is 0 Å². The maximum atomic E-state index is 11.7. The number of carbonyl (C=O) groups excluding carboxylic acids is 1. The fourth-order valence-corrected chi connectivity index (χ4v) is 1.47. The molecule has 0 fully saturated rings. The van der Waals surface area contributed by atoms with Crippen molar-refractivity contribution in [2.75, 3.05) is 27.2 Å². The van der Waals surface area contributed by atoms with Crippen molar-refractivity contribution >= 4 is 5.97 Å². The van der Waals surface area contributed by atoms with E-state index in [0.29, 0.717) is 6.54 Å². The standard InChI is InChI=1S/C13H28N2O2/c1-7-9-14-11(12(16)17-6)10-15(5)13(3,4)8-2/h11,14H,7-10H2,1-6H3. The van der Waals surface area contributed by atoms with Crippen molar-refractivity contribution in [1.82, 2.24) is 10.2 Å². The molecule has 102 valence electrons. The second-order valence-corrected chi connectivity index (χ2v) is 5.08. The first kappa shape index (κ1) is 16.4. The largest absolute Gasteiger partial charge is 0.468 e. The lowest BCUT2D eigenvalue weighted by Crippen LogP contribution is -2.51. The van der Waals surface area contributed by atoms with Gasteiger partial charge in [-0.25, -0.2) is 0 Å². The zero-order valence-electron chi connectivity index (χ0n) is 12.2. The van der Waals surface area contributed by atoms with Gasteiger partial charge in [-0.15, -0.1) is 0 Å². The smallest absolute Gasteiger partial charge is 0.324 e. The fraction of sp³-hybridized carbons (Fsp3) is 0.923. The molecular weight excluding hydrogens is 216 g/mol. The number of methoxy groups -OCH3 is 1. The Balaban J connectivity index is 4.46. The van der Waals surface area contributed by atoms with Crippen LogP contribution in [0, 0.1) is 0 Å². The van der Waals surface area contributed by atoms with Crippen molar-refractivity contribution in [3.63, 3.8) is 0 Å². The fourth-order valence-electron chi connectivity index (χ4n) is 1.47. The third-order valence-corrected chi connectivity index (χ3v) is 3.48. The number of hydrogen-bond donors (Lipinski definition) is 1. The Kier molecular flexibility index (Phi) is 7.39. The maximum Gasteiger partial charge on any atom is 0.324 e. The lowest BCUT2D eigenvalue weighted by Gasteiger charge is -2.36. The minimum Gasteiger partial charge on any atom is -0.468 e. The predicted molar refractivity (Wildman–Crippen MR) is 71.1 cm³/mol. The predicted octanol–water partition coefficient (Wildman–Crippen LogP) is 1.65. The number of esters is 1. The molecule has 0 heterocycles. The van der Waals surface area contributed by atoms with Gasteiger partial charge in [0, 0.05) is 12.1 Å². The minimum atomic E-state index is -0.240. The number of ether oxygens (including phenoxy) is 1. The van der Waals surface area contributed by atoms with E-state index in [9.17, 15) is 4.79 Å². The van der Waals surface area contributed by atoms with Crippen LogP contribution in [0.1, 0.15) is 40.5 Å². The summed E-state index contributed by atoms with van der Waals surface area (Å²) in [7, 11) is 3.49. The van der Waals surface area contributed by atoms with Gasteiger partial charge in [-0.1, -0.05) is 13.8 Å². The molecule has 1 atom stereocenters. The number of rotatable bonds is 8. The topological polar surface area (TPSA) is 41.6 Å². The highest BCUT2D eigenvalue weighted by Gasteiger charge is 2.27. The van der Waals surface area contributed by atoms with Gasteiger partial charge >= 0.3 is 5.97 Å². The summed E-state index contributed by atoms with van der Waals surface area (Å²) in [4.78, 5) is 13.9. The lowest BCUT2D eigenvalue weighted by molar-refractivity contribution is -0.143. The molecule has 0 aromatic carbocycles. The molecule has 0 bridgehead atoms. The molecule has 0 aliphatic rings. The number of nitrogens with one attached hydrogen (secondary N) is 1. The van der Waals surface area contributed by atoms with E-state index in [0.717, 1.165) is 19.4 Å². The summed E-state index contributed by atoms with van der Waals surface area (Å²) < 4.78 is 4.83. The maximum absolute atomic E-state index is 11.7. The summed E-state index contributed by atoms with van der Waals surface area (Å²) in [6.07, 6.45) is 2.06. The van der Waals surface area contributed by atoms with Gasteiger partial charge in [0.25, 0.3) is 0 Å². The molecule has 0 aromatic heterocycles. The van der Waals surface area contributed by atoms with Crippen molar-refractivity contribution < 1.29 is 9.53 Å². The minimum absolute atomic E-state index is 0.0974. The van der Waals surface area contributed by atoms with Crippen LogP contribution in [0.5, 0.6) is 0 Å². The Morgan fingerprint density at radius 2 is 2.00 bits per heavy atom. The van der Waals surface area contributed by atoms with Crippen LogP contribution in [0.2, 0.25) is 0 Å². The molecule has 4 nitrogen and oxygen atoms in total. The molecule has 0 amide bonds. The molecule has 0 aliphatic carbocycles. The van der Waals surface area contributed by atoms with Gasteiger partial charge in [0.05, 0.1) is 7.11 Å². The molecular formula is C13H28N2O2. The molecule has 1 unspecified atom stereocenters. The van der Waals surface area contributed by atoms with Gasteiger partial charge in [0.2, 0.25) is 0 Å². The number of likely N-dealkylation sites (N-methyl/N-ethyl adjacent to an activating group) is 1. The first-order chi connectivity index (χ1) is 7.88. The molecule has 1 N–H and O–H groups in total. The summed E-state index contributed by atoms with van der Waals surface area (Å²) in [5, 5.41) is 3.23. The van der Waals surface area contributed by atoms with Crippen LogP contribution in [0.15, 0.2) is 0 Å². The van der Waals surface area contributed by atoms with E-state index in [4.69, 9.17) is 4.74 Å². The van der Waals surface area contributed by atoms with Crippen molar-refractivity contribution in [2.24, 2.45) is 0 Å². The van der Waals surface area contributed by atoms with E-state index in [1.807, 2.05) is 7.05 Å². The third-order valence-electron chi connectivity index (χ3n) is 3.48. The summed E-state index contributed by atoms with van der Waals surface area (Å²) in [6.45, 7) is 10.1. The molecule has 0 saturated carbocycles. The quantitative estimate of drug-likeness (QED) is 0.659. The zero-order valence-corrected chi connectivity index (χ0v) is 12.2. The van der Waals surface area contributed by atoms with E-state index >= 15 is 0 Å². The van der Waals surface area contributed by atoms with Gasteiger partial charge < -0.3 is 10.1 Å². The highest BCUT2D eigenvalue weighted by Crippen LogP contribution is 2.16. The van der Waals surface area contributed by atoms with E-state index in [-0.39, 0.29) is 17.6 Å². The van der Waals surface area contributed by atoms with Gasteiger partial charge in [-0.2, -0.15) is 0 Å². The normalized spacial score (nSPS) is 13.8. The average molecular weight is 244 g/mol. The first-order valence-corrected chi connectivity index (χ1v) is 6.41. The second-order valence-electron chi connectivity index (χ2n) is 5.08. The van der Waals surface area contributed by atoms with Gasteiger partial charge in [-0.3, -0.25) is 9.69 Å². The molecule has 0 saturated heterocycles. The Morgan fingerprint density at radius 1 is 1.41 bits per heavy atom. The molecule has 17 heavy (non-hydrogen) atoms. The zero-order chi connectivity index (χ0) is 13.5. The van der Waals surface area contributed by atoms with Crippen molar-refractivity contribution in [3.05, 3.63) is 0 Å². The van der Waals surface area contributed by atoms with E-state index in [1.165, 1.54) is 7.11 Å². The Labute approximate surface area is 106 Å². The first-order valence-electron chi connectivity index (χ1n) is 6.41. The van der Waals surface area contributed by atoms with Crippen LogP contribution < -0.4 is 5.32 Å². The molecule has 0 spiro atoms. The summed E-state index contributed by atoms with van der Waals surface area (Å²) in [6, 6.07) is -0.240. The Hall–Kier alpha value is -0.610. The molecule has 0 radical (unpaired) electrons. The van der Waals surface area contributed by atoms with Crippen LogP contribution >= 0.6 is 0 Å². The molecule has 0 rings (SSSR count). The van der Waals surface area contributed by atoms with Gasteiger partial charge in [0.15, 0.2) is 0 Å². The van der Waals surface area contributed by atoms with Crippen molar-refractivity contribution in [1.29, 1.82) is 0 Å². The lowest BCUT2D eigenvalue weighted by atomic mass is 9.99. The summed E-state index contributed by atoms with van der Waals surface area (Å²) in [5.74, 6) is -0.183. The number of carbonyl (C=O) groups is 1. The van der Waals surface area contributed by atoms with Gasteiger partial charge in [0.1, 0.15) is 6.04 Å². The highest BCUT2D eigenvalue weighted by molar-refractivity contribution is 5.75. The van der Waals surface area contributed by atoms with Crippen LogP contribution in [-0.4, -0.2) is 49.7 Å². The summed E-state index contributed by atoms with van der Waals surface area (Å²) >= 11 is 0.